The second-order valence-electron chi connectivity index (χ2n) is 5.53. The molecule has 0 fully saturated rings. The quantitative estimate of drug-likeness (QED) is 0.741. The fourth-order valence-electron chi connectivity index (χ4n) is 3.33. The molecule has 0 unspecified atom stereocenters. The van der Waals surface area contributed by atoms with Crippen molar-refractivity contribution in [3.63, 3.8) is 0 Å². The lowest BCUT2D eigenvalue weighted by Gasteiger charge is -2.10. The Kier molecular flexibility index (Phi) is 2.59. The number of hydrogen-bond acceptors (Lipinski definition) is 2. The Morgan fingerprint density at radius 2 is 1.74 bits per heavy atom. The monoisotopic (exact) mass is 270 g/mol. The molecule has 0 N–H and O–H groups in total. The molecule has 1 aromatic carbocycles. The smallest absolute Gasteiger partial charge is 0.136 e. The summed E-state index contributed by atoms with van der Waals surface area (Å²) in [6, 6.07) is 8.64. The molecule has 0 saturated heterocycles. The summed E-state index contributed by atoms with van der Waals surface area (Å²) in [5, 5.41) is 0.688. The molecule has 3 heteroatoms. The second kappa shape index (κ2) is 4.31. The molecule has 1 heterocycles. The zero-order valence-electron chi connectivity index (χ0n) is 10.7. The van der Waals surface area contributed by atoms with Crippen LogP contribution in [-0.4, -0.2) is 9.97 Å². The summed E-state index contributed by atoms with van der Waals surface area (Å²) < 4.78 is 0. The lowest BCUT2D eigenvalue weighted by Crippen LogP contribution is -2.07. The Balaban J connectivity index is 1.70. The number of hydrogen-bond donors (Lipinski definition) is 0. The summed E-state index contributed by atoms with van der Waals surface area (Å²) in [6.07, 6.45) is 5.36. The van der Waals surface area contributed by atoms with Crippen molar-refractivity contribution in [2.75, 3.05) is 0 Å². The van der Waals surface area contributed by atoms with Crippen LogP contribution in [0.2, 0.25) is 5.15 Å². The molecule has 96 valence electrons. The van der Waals surface area contributed by atoms with E-state index in [0.717, 1.165) is 37.9 Å². The van der Waals surface area contributed by atoms with Gasteiger partial charge in [0.15, 0.2) is 0 Å². The van der Waals surface area contributed by atoms with E-state index in [0.29, 0.717) is 11.1 Å². The first kappa shape index (κ1) is 11.4. The Labute approximate surface area is 117 Å². The predicted octanol–water partition coefficient (Wildman–Crippen LogP) is 3.50. The van der Waals surface area contributed by atoms with Gasteiger partial charge in [0.2, 0.25) is 0 Å². The summed E-state index contributed by atoms with van der Waals surface area (Å²) in [6.45, 7) is 0. The van der Waals surface area contributed by atoms with Crippen molar-refractivity contribution < 1.29 is 0 Å². The van der Waals surface area contributed by atoms with Crippen molar-refractivity contribution in [1.29, 1.82) is 0 Å². The molecule has 0 atom stereocenters. The average molecular weight is 271 g/mol. The van der Waals surface area contributed by atoms with Gasteiger partial charge in [-0.15, -0.1) is 0 Å². The summed E-state index contributed by atoms with van der Waals surface area (Å²) in [7, 11) is 0. The minimum atomic E-state index is 0.404. The van der Waals surface area contributed by atoms with Crippen molar-refractivity contribution in [2.45, 2.75) is 38.0 Å². The van der Waals surface area contributed by atoms with Crippen LogP contribution in [-0.2, 0) is 25.7 Å². The van der Waals surface area contributed by atoms with Gasteiger partial charge in [-0.25, -0.2) is 9.97 Å². The number of fused-ring (bicyclic) bond motifs is 2. The van der Waals surface area contributed by atoms with Crippen LogP contribution in [0.15, 0.2) is 24.3 Å². The van der Waals surface area contributed by atoms with Crippen LogP contribution in [0.5, 0.6) is 0 Å². The van der Waals surface area contributed by atoms with E-state index in [4.69, 9.17) is 16.6 Å². The molecule has 0 radical (unpaired) electrons. The molecule has 0 amide bonds. The molecule has 2 nitrogen and oxygen atoms in total. The van der Waals surface area contributed by atoms with Crippen molar-refractivity contribution in [2.24, 2.45) is 0 Å². The molecule has 2 aromatic rings. The third-order valence-corrected chi connectivity index (χ3v) is 4.63. The first-order valence-electron chi connectivity index (χ1n) is 6.93. The number of aromatic nitrogens is 2. The lowest BCUT2D eigenvalue weighted by atomic mass is 10.1. The fourth-order valence-corrected chi connectivity index (χ4v) is 3.62. The van der Waals surface area contributed by atoms with Gasteiger partial charge >= 0.3 is 0 Å². The Morgan fingerprint density at radius 3 is 2.47 bits per heavy atom. The Hall–Kier alpha value is -1.41. The number of rotatable bonds is 1. The van der Waals surface area contributed by atoms with Crippen LogP contribution in [0, 0.1) is 0 Å². The van der Waals surface area contributed by atoms with Crippen LogP contribution < -0.4 is 0 Å². The third kappa shape index (κ3) is 1.86. The maximum absolute atomic E-state index is 6.31. The molecule has 1 aromatic heterocycles. The van der Waals surface area contributed by atoms with E-state index in [1.807, 2.05) is 0 Å². The summed E-state index contributed by atoms with van der Waals surface area (Å²) in [4.78, 5) is 9.35. The first-order valence-corrected chi connectivity index (χ1v) is 7.31. The molecule has 19 heavy (non-hydrogen) atoms. The number of nitrogens with zero attached hydrogens (tertiary/aromatic N) is 2. The van der Waals surface area contributed by atoms with Crippen LogP contribution >= 0.6 is 11.6 Å². The van der Waals surface area contributed by atoms with E-state index in [2.05, 4.69) is 29.2 Å². The maximum Gasteiger partial charge on any atom is 0.136 e. The number of halogens is 1. The lowest BCUT2D eigenvalue weighted by molar-refractivity contribution is 0.675. The van der Waals surface area contributed by atoms with Crippen molar-refractivity contribution in [3.05, 3.63) is 57.6 Å². The molecule has 0 bridgehead atoms. The van der Waals surface area contributed by atoms with Crippen LogP contribution in [0.3, 0.4) is 0 Å². The van der Waals surface area contributed by atoms with E-state index in [9.17, 15) is 0 Å². The predicted molar refractivity (Wildman–Crippen MR) is 75.7 cm³/mol. The molecule has 2 aliphatic carbocycles. The average Bonchev–Trinajstić information content (AvgIpc) is 3.04. The van der Waals surface area contributed by atoms with Crippen LogP contribution in [0.4, 0.5) is 0 Å². The van der Waals surface area contributed by atoms with E-state index >= 15 is 0 Å². The minimum Gasteiger partial charge on any atom is -0.237 e. The van der Waals surface area contributed by atoms with E-state index < -0.39 is 0 Å². The molecular formula is C16H15ClN2. The van der Waals surface area contributed by atoms with Gasteiger partial charge in [-0.3, -0.25) is 0 Å². The molecule has 4 rings (SSSR count). The van der Waals surface area contributed by atoms with Gasteiger partial charge in [-0.05, 0) is 43.2 Å². The van der Waals surface area contributed by atoms with Gasteiger partial charge < -0.3 is 0 Å². The molecule has 2 aliphatic rings. The van der Waals surface area contributed by atoms with Gasteiger partial charge in [0, 0.05) is 17.2 Å². The van der Waals surface area contributed by atoms with Gasteiger partial charge in [-0.1, -0.05) is 35.9 Å². The fraction of sp³-hybridized carbons (Fsp3) is 0.375. The van der Waals surface area contributed by atoms with Crippen LogP contribution in [0.1, 0.15) is 40.5 Å². The van der Waals surface area contributed by atoms with E-state index in [1.165, 1.54) is 22.4 Å². The first-order chi connectivity index (χ1) is 9.31. The zero-order valence-corrected chi connectivity index (χ0v) is 11.5. The van der Waals surface area contributed by atoms with Gasteiger partial charge in [0.1, 0.15) is 11.0 Å². The van der Waals surface area contributed by atoms with Crippen molar-refractivity contribution in [1.82, 2.24) is 9.97 Å². The number of benzene rings is 1. The zero-order chi connectivity index (χ0) is 12.8. The summed E-state index contributed by atoms with van der Waals surface area (Å²) in [5.41, 5.74) is 5.24. The van der Waals surface area contributed by atoms with Gasteiger partial charge in [0.25, 0.3) is 0 Å². The maximum atomic E-state index is 6.31. The second-order valence-corrected chi connectivity index (χ2v) is 5.88. The normalized spacial score (nSPS) is 17.5. The largest absolute Gasteiger partial charge is 0.237 e. The summed E-state index contributed by atoms with van der Waals surface area (Å²) in [5.74, 6) is 1.35. The third-order valence-electron chi connectivity index (χ3n) is 4.32. The van der Waals surface area contributed by atoms with E-state index in [-0.39, 0.29) is 0 Å². The molecular weight excluding hydrogens is 256 g/mol. The van der Waals surface area contributed by atoms with E-state index in [1.54, 1.807) is 0 Å². The SMILES string of the molecule is Clc1nc(C2Cc3ccccc3C2)nc2c1CCC2. The van der Waals surface area contributed by atoms with Gasteiger partial charge in [-0.2, -0.15) is 0 Å². The minimum absolute atomic E-state index is 0.404. The van der Waals surface area contributed by atoms with Crippen LogP contribution in [0.25, 0.3) is 0 Å². The highest BCUT2D eigenvalue weighted by atomic mass is 35.5. The molecule has 0 saturated carbocycles. The standard InChI is InChI=1S/C16H15ClN2/c17-15-13-6-3-7-14(13)18-16(19-15)12-8-10-4-1-2-5-11(10)9-12/h1-2,4-5,12H,3,6-9H2. The molecule has 0 aliphatic heterocycles. The highest BCUT2D eigenvalue weighted by molar-refractivity contribution is 6.30. The highest BCUT2D eigenvalue weighted by Gasteiger charge is 2.27. The summed E-state index contributed by atoms with van der Waals surface area (Å²) >= 11 is 6.31. The topological polar surface area (TPSA) is 25.8 Å². The Bertz CT molecular complexity index is 626. The molecule has 0 spiro atoms. The number of aryl methyl sites for hydroxylation is 1. The highest BCUT2D eigenvalue weighted by Crippen LogP contribution is 2.34. The van der Waals surface area contributed by atoms with Gasteiger partial charge in [0.05, 0.1) is 0 Å². The van der Waals surface area contributed by atoms with Crippen molar-refractivity contribution >= 4 is 11.6 Å². The Morgan fingerprint density at radius 1 is 1.00 bits per heavy atom. The van der Waals surface area contributed by atoms with Crippen molar-refractivity contribution in [3.8, 4) is 0 Å².